The second-order valence-corrected chi connectivity index (χ2v) is 6.22. The minimum atomic E-state index is -1.11. The molecule has 0 aromatic heterocycles. The molecule has 1 aliphatic heterocycles. The number of hydrogen-bond acceptors (Lipinski definition) is 5. The molecule has 1 saturated heterocycles. The van der Waals surface area contributed by atoms with Crippen LogP contribution in [0.3, 0.4) is 0 Å². The van der Waals surface area contributed by atoms with Crippen molar-refractivity contribution >= 4 is 41.1 Å². The van der Waals surface area contributed by atoms with Crippen molar-refractivity contribution in [2.75, 3.05) is 18.5 Å². The highest BCUT2D eigenvalue weighted by molar-refractivity contribution is 6.30. The largest absolute Gasteiger partial charge is 0.454 e. The molecule has 0 bridgehead atoms. The van der Waals surface area contributed by atoms with Crippen molar-refractivity contribution in [3.8, 4) is 0 Å². The predicted molar refractivity (Wildman–Crippen MR) is 85.3 cm³/mol. The van der Waals surface area contributed by atoms with Crippen molar-refractivity contribution in [3.63, 3.8) is 0 Å². The Balaban J connectivity index is 1.86. The number of amides is 4. The number of imide groups is 1. The number of rotatable bonds is 5. The first-order valence-corrected chi connectivity index (χ1v) is 7.52. The standard InChI is InChI=1S/C15H15ClFN3O5/c1-15(2)13(23)20(14(24)19-15)6-12(22)25-7-11(21)18-10-5-8(16)3-4-9(10)17/h3-5H,6-7H2,1-2H3,(H,18,21)(H,19,24). The first kappa shape index (κ1) is 18.7. The van der Waals surface area contributed by atoms with Crippen molar-refractivity contribution in [2.45, 2.75) is 19.4 Å². The van der Waals surface area contributed by atoms with Gasteiger partial charge in [-0.15, -0.1) is 0 Å². The summed E-state index contributed by atoms with van der Waals surface area (Å²) in [5, 5.41) is 4.82. The first-order valence-electron chi connectivity index (χ1n) is 7.15. The molecule has 0 unspecified atom stereocenters. The van der Waals surface area contributed by atoms with Gasteiger partial charge >= 0.3 is 12.0 Å². The van der Waals surface area contributed by atoms with Crippen molar-refractivity contribution in [3.05, 3.63) is 29.0 Å². The molecule has 25 heavy (non-hydrogen) atoms. The second-order valence-electron chi connectivity index (χ2n) is 5.78. The highest BCUT2D eigenvalue weighted by Crippen LogP contribution is 2.19. The summed E-state index contributed by atoms with van der Waals surface area (Å²) in [6, 6.07) is 2.86. The van der Waals surface area contributed by atoms with Crippen LogP contribution in [0.15, 0.2) is 18.2 Å². The van der Waals surface area contributed by atoms with E-state index in [0.717, 1.165) is 6.07 Å². The summed E-state index contributed by atoms with van der Waals surface area (Å²) in [5.41, 5.74) is -1.27. The Morgan fingerprint density at radius 2 is 2.04 bits per heavy atom. The van der Waals surface area contributed by atoms with E-state index in [-0.39, 0.29) is 10.7 Å². The molecule has 134 valence electrons. The third-order valence-corrected chi connectivity index (χ3v) is 3.53. The highest BCUT2D eigenvalue weighted by Gasteiger charge is 2.45. The normalized spacial score (nSPS) is 15.8. The van der Waals surface area contributed by atoms with Gasteiger partial charge in [-0.3, -0.25) is 19.3 Å². The van der Waals surface area contributed by atoms with E-state index in [2.05, 4.69) is 10.6 Å². The summed E-state index contributed by atoms with van der Waals surface area (Å²) in [4.78, 5) is 47.7. The summed E-state index contributed by atoms with van der Waals surface area (Å²) in [5.74, 6) is -3.04. The number of esters is 1. The molecule has 1 aromatic rings. The number of nitrogens with one attached hydrogen (secondary N) is 2. The van der Waals surface area contributed by atoms with Crippen LogP contribution in [0, 0.1) is 5.82 Å². The van der Waals surface area contributed by atoms with Gasteiger partial charge in [-0.05, 0) is 32.0 Å². The van der Waals surface area contributed by atoms with E-state index in [1.54, 1.807) is 0 Å². The number of nitrogens with zero attached hydrogens (tertiary/aromatic N) is 1. The average molecular weight is 372 g/mol. The van der Waals surface area contributed by atoms with Crippen molar-refractivity contribution < 1.29 is 28.3 Å². The Morgan fingerprint density at radius 1 is 1.36 bits per heavy atom. The van der Waals surface area contributed by atoms with Crippen LogP contribution >= 0.6 is 11.6 Å². The Morgan fingerprint density at radius 3 is 2.64 bits per heavy atom. The van der Waals surface area contributed by atoms with Gasteiger partial charge in [0.15, 0.2) is 6.61 Å². The molecule has 10 heteroatoms. The Bertz CT molecular complexity index is 753. The average Bonchev–Trinajstić information content (AvgIpc) is 2.71. The number of hydrogen-bond donors (Lipinski definition) is 2. The molecule has 1 fully saturated rings. The molecule has 1 heterocycles. The fraction of sp³-hybridized carbons (Fsp3) is 0.333. The lowest BCUT2D eigenvalue weighted by Crippen LogP contribution is -2.41. The van der Waals surface area contributed by atoms with Gasteiger partial charge in [0.2, 0.25) is 0 Å². The highest BCUT2D eigenvalue weighted by atomic mass is 35.5. The number of ether oxygens (including phenoxy) is 1. The van der Waals surface area contributed by atoms with Crippen LogP contribution in [0.25, 0.3) is 0 Å². The molecule has 1 aromatic carbocycles. The third kappa shape index (κ3) is 4.44. The molecular formula is C15H15ClFN3O5. The first-order chi connectivity index (χ1) is 11.6. The van der Waals surface area contributed by atoms with Crippen LogP contribution in [0.1, 0.15) is 13.8 Å². The van der Waals surface area contributed by atoms with E-state index in [1.165, 1.54) is 26.0 Å². The number of carbonyl (C=O) groups excluding carboxylic acids is 4. The minimum absolute atomic E-state index is 0.163. The molecule has 2 rings (SSSR count). The third-order valence-electron chi connectivity index (χ3n) is 3.30. The molecule has 2 N–H and O–H groups in total. The maximum atomic E-state index is 13.5. The van der Waals surface area contributed by atoms with Gasteiger partial charge in [-0.1, -0.05) is 11.6 Å². The summed E-state index contributed by atoms with van der Waals surface area (Å²) in [6.45, 7) is 1.64. The van der Waals surface area contributed by atoms with E-state index in [0.29, 0.717) is 4.90 Å². The maximum absolute atomic E-state index is 13.5. The topological polar surface area (TPSA) is 105 Å². The molecule has 0 spiro atoms. The minimum Gasteiger partial charge on any atom is -0.454 e. The van der Waals surface area contributed by atoms with E-state index < -0.39 is 48.3 Å². The number of benzene rings is 1. The van der Waals surface area contributed by atoms with Crippen LogP contribution in [-0.4, -0.2) is 47.4 Å². The summed E-state index contributed by atoms with van der Waals surface area (Å²) >= 11 is 5.69. The summed E-state index contributed by atoms with van der Waals surface area (Å²) < 4.78 is 18.2. The molecule has 4 amide bonds. The monoisotopic (exact) mass is 371 g/mol. The zero-order chi connectivity index (χ0) is 18.8. The van der Waals surface area contributed by atoms with E-state index in [1.807, 2.05) is 0 Å². The lowest BCUT2D eigenvalue weighted by atomic mass is 10.1. The fourth-order valence-corrected chi connectivity index (χ4v) is 2.23. The van der Waals surface area contributed by atoms with Crippen LogP contribution in [0.5, 0.6) is 0 Å². The van der Waals surface area contributed by atoms with Crippen molar-refractivity contribution in [1.29, 1.82) is 0 Å². The molecule has 0 saturated carbocycles. The Hall–Kier alpha value is -2.68. The molecule has 0 atom stereocenters. The van der Waals surface area contributed by atoms with Gasteiger partial charge in [0.25, 0.3) is 11.8 Å². The molecule has 0 radical (unpaired) electrons. The lowest BCUT2D eigenvalue weighted by molar-refractivity contribution is -0.150. The zero-order valence-corrected chi connectivity index (χ0v) is 14.1. The van der Waals surface area contributed by atoms with E-state index in [9.17, 15) is 23.6 Å². The lowest BCUT2D eigenvalue weighted by Gasteiger charge is -2.15. The smallest absolute Gasteiger partial charge is 0.326 e. The van der Waals surface area contributed by atoms with Crippen molar-refractivity contribution in [1.82, 2.24) is 10.2 Å². The van der Waals surface area contributed by atoms with Gasteiger partial charge in [0.05, 0.1) is 5.69 Å². The number of urea groups is 1. The quantitative estimate of drug-likeness (QED) is 0.599. The van der Waals surface area contributed by atoms with Gasteiger partial charge < -0.3 is 15.4 Å². The SMILES string of the molecule is CC1(C)NC(=O)N(CC(=O)OCC(=O)Nc2cc(Cl)ccc2F)C1=O. The van der Waals surface area contributed by atoms with Gasteiger partial charge in [-0.25, -0.2) is 9.18 Å². The van der Waals surface area contributed by atoms with E-state index in [4.69, 9.17) is 16.3 Å². The number of anilines is 1. The predicted octanol–water partition coefficient (Wildman–Crippen LogP) is 1.29. The summed E-state index contributed by atoms with van der Waals surface area (Å²) in [6.07, 6.45) is 0. The number of halogens is 2. The Kier molecular flexibility index (Phi) is 5.27. The van der Waals surface area contributed by atoms with Gasteiger partial charge in [0, 0.05) is 5.02 Å². The number of carbonyl (C=O) groups is 4. The van der Waals surface area contributed by atoms with Crippen LogP contribution in [0.2, 0.25) is 5.02 Å². The van der Waals surface area contributed by atoms with Crippen LogP contribution < -0.4 is 10.6 Å². The second kappa shape index (κ2) is 7.06. The summed E-state index contributed by atoms with van der Waals surface area (Å²) in [7, 11) is 0. The van der Waals surface area contributed by atoms with Crippen molar-refractivity contribution in [2.24, 2.45) is 0 Å². The Labute approximate surface area is 147 Å². The fourth-order valence-electron chi connectivity index (χ4n) is 2.06. The van der Waals surface area contributed by atoms with Gasteiger partial charge in [0.1, 0.15) is 17.9 Å². The van der Waals surface area contributed by atoms with Crippen LogP contribution in [-0.2, 0) is 19.1 Å². The molecular weight excluding hydrogens is 357 g/mol. The molecule has 0 aliphatic carbocycles. The van der Waals surface area contributed by atoms with E-state index >= 15 is 0 Å². The maximum Gasteiger partial charge on any atom is 0.326 e. The zero-order valence-electron chi connectivity index (χ0n) is 13.4. The molecule has 1 aliphatic rings. The van der Waals surface area contributed by atoms with Crippen LogP contribution in [0.4, 0.5) is 14.9 Å². The van der Waals surface area contributed by atoms with Gasteiger partial charge in [-0.2, -0.15) is 0 Å². The molecule has 8 nitrogen and oxygen atoms in total.